The molecule has 4 nitrogen and oxygen atoms in total. The van der Waals surface area contributed by atoms with E-state index < -0.39 is 11.5 Å². The second kappa shape index (κ2) is 3.75. The van der Waals surface area contributed by atoms with Crippen LogP contribution in [-0.2, 0) is 9.53 Å². The number of nitriles is 1. The first kappa shape index (κ1) is 10.0. The van der Waals surface area contributed by atoms with Crippen LogP contribution in [0.5, 0.6) is 0 Å². The van der Waals surface area contributed by atoms with Crippen LogP contribution in [0.15, 0.2) is 0 Å². The van der Waals surface area contributed by atoms with Crippen molar-refractivity contribution in [1.29, 1.82) is 5.26 Å². The smallest absolute Gasteiger partial charge is 0.229 e. The molecule has 0 spiro atoms. The van der Waals surface area contributed by atoms with Crippen LogP contribution >= 0.6 is 0 Å². The number of hydrogen-bond donors (Lipinski definition) is 1. The highest BCUT2D eigenvalue weighted by atomic mass is 16.5. The van der Waals surface area contributed by atoms with Gasteiger partial charge in [-0.25, -0.2) is 0 Å². The van der Waals surface area contributed by atoms with Crippen LogP contribution in [0.4, 0.5) is 0 Å². The van der Waals surface area contributed by atoms with Crippen molar-refractivity contribution < 1.29 is 9.53 Å². The third-order valence-electron chi connectivity index (χ3n) is 2.31. The van der Waals surface area contributed by atoms with Gasteiger partial charge in [-0.1, -0.05) is 0 Å². The van der Waals surface area contributed by atoms with Gasteiger partial charge in [0.1, 0.15) is 6.04 Å². The molecule has 2 unspecified atom stereocenters. The summed E-state index contributed by atoms with van der Waals surface area (Å²) >= 11 is 0. The first-order valence-corrected chi connectivity index (χ1v) is 4.37. The fourth-order valence-electron chi connectivity index (χ4n) is 1.25. The van der Waals surface area contributed by atoms with Gasteiger partial charge in [-0.05, 0) is 20.3 Å². The number of ether oxygens (including phenoxy) is 1. The molecule has 2 atom stereocenters. The van der Waals surface area contributed by atoms with Crippen LogP contribution in [0.3, 0.4) is 0 Å². The largest absolute Gasteiger partial charge is 0.380 e. The lowest BCUT2D eigenvalue weighted by molar-refractivity contribution is -0.130. The van der Waals surface area contributed by atoms with E-state index in [2.05, 4.69) is 5.32 Å². The zero-order valence-corrected chi connectivity index (χ0v) is 7.96. The number of carbonyl (C=O) groups is 1. The Morgan fingerprint density at radius 2 is 2.46 bits per heavy atom. The molecule has 72 valence electrons. The molecule has 4 heteroatoms. The van der Waals surface area contributed by atoms with E-state index in [1.807, 2.05) is 13.0 Å². The zero-order valence-electron chi connectivity index (χ0n) is 7.96. The third-order valence-corrected chi connectivity index (χ3v) is 2.31. The van der Waals surface area contributed by atoms with Crippen LogP contribution in [0, 0.1) is 16.7 Å². The van der Waals surface area contributed by atoms with E-state index in [0.29, 0.717) is 13.2 Å². The van der Waals surface area contributed by atoms with E-state index in [0.717, 1.165) is 6.42 Å². The van der Waals surface area contributed by atoms with E-state index in [9.17, 15) is 4.79 Å². The quantitative estimate of drug-likeness (QED) is 0.674. The molecule has 1 saturated heterocycles. The van der Waals surface area contributed by atoms with Crippen molar-refractivity contribution in [2.45, 2.75) is 26.3 Å². The van der Waals surface area contributed by atoms with Gasteiger partial charge in [-0.2, -0.15) is 5.26 Å². The Bertz CT molecular complexity index is 238. The second-order valence-corrected chi connectivity index (χ2v) is 3.69. The van der Waals surface area contributed by atoms with Crippen LogP contribution in [0.2, 0.25) is 0 Å². The number of nitrogens with one attached hydrogen (secondary N) is 1. The van der Waals surface area contributed by atoms with Crippen LogP contribution in [0.25, 0.3) is 0 Å². The number of amides is 1. The Morgan fingerprint density at radius 3 is 2.92 bits per heavy atom. The van der Waals surface area contributed by atoms with Crippen LogP contribution in [-0.4, -0.2) is 25.2 Å². The Kier molecular flexibility index (Phi) is 2.89. The number of hydrogen-bond acceptors (Lipinski definition) is 3. The molecule has 0 aromatic heterocycles. The maximum Gasteiger partial charge on any atom is 0.229 e. The summed E-state index contributed by atoms with van der Waals surface area (Å²) in [4.78, 5) is 11.6. The summed E-state index contributed by atoms with van der Waals surface area (Å²) in [5.74, 6) is -0.0842. The Morgan fingerprint density at radius 1 is 1.77 bits per heavy atom. The van der Waals surface area contributed by atoms with E-state index in [1.54, 1.807) is 6.92 Å². The van der Waals surface area contributed by atoms with Gasteiger partial charge in [0.05, 0.1) is 18.1 Å². The lowest BCUT2D eigenvalue weighted by Crippen LogP contribution is -2.43. The van der Waals surface area contributed by atoms with E-state index >= 15 is 0 Å². The minimum Gasteiger partial charge on any atom is -0.380 e. The lowest BCUT2D eigenvalue weighted by Gasteiger charge is -2.21. The molecule has 0 radical (unpaired) electrons. The maximum absolute atomic E-state index is 11.6. The summed E-state index contributed by atoms with van der Waals surface area (Å²) in [6.07, 6.45) is 0.733. The standard InChI is InChI=1S/C9H14N2O2/c1-7(5-10)11-8(12)9(2)3-4-13-6-9/h7H,3-4,6H2,1-2H3,(H,11,12). The normalized spacial score (nSPS) is 29.3. The molecular weight excluding hydrogens is 168 g/mol. The molecule has 1 N–H and O–H groups in total. The Balaban J connectivity index is 2.52. The Labute approximate surface area is 77.9 Å². The fourth-order valence-corrected chi connectivity index (χ4v) is 1.25. The van der Waals surface area contributed by atoms with Crippen molar-refractivity contribution in [2.75, 3.05) is 13.2 Å². The number of rotatable bonds is 2. The summed E-state index contributed by atoms with van der Waals surface area (Å²) in [6, 6.07) is 1.54. The van der Waals surface area contributed by atoms with Gasteiger partial charge in [-0.15, -0.1) is 0 Å². The van der Waals surface area contributed by atoms with Gasteiger partial charge >= 0.3 is 0 Å². The summed E-state index contributed by atoms with van der Waals surface area (Å²) < 4.78 is 5.15. The summed E-state index contributed by atoms with van der Waals surface area (Å²) in [6.45, 7) is 4.61. The van der Waals surface area contributed by atoms with E-state index in [4.69, 9.17) is 10.00 Å². The second-order valence-electron chi connectivity index (χ2n) is 3.69. The van der Waals surface area contributed by atoms with Gasteiger partial charge in [0.25, 0.3) is 0 Å². The molecule has 0 bridgehead atoms. The van der Waals surface area contributed by atoms with E-state index in [-0.39, 0.29) is 5.91 Å². The minimum atomic E-state index is -0.439. The molecule has 0 saturated carbocycles. The Hall–Kier alpha value is -1.08. The predicted molar refractivity (Wildman–Crippen MR) is 46.8 cm³/mol. The number of nitrogens with zero attached hydrogens (tertiary/aromatic N) is 1. The highest BCUT2D eigenvalue weighted by Gasteiger charge is 2.37. The van der Waals surface area contributed by atoms with Crippen LogP contribution < -0.4 is 5.32 Å². The molecule has 1 fully saturated rings. The monoisotopic (exact) mass is 182 g/mol. The van der Waals surface area contributed by atoms with Gasteiger partial charge in [0.2, 0.25) is 5.91 Å². The molecule has 0 aromatic rings. The van der Waals surface area contributed by atoms with Crippen molar-refractivity contribution in [3.8, 4) is 6.07 Å². The molecule has 1 aliphatic heterocycles. The van der Waals surface area contributed by atoms with Crippen molar-refractivity contribution in [1.82, 2.24) is 5.32 Å². The van der Waals surface area contributed by atoms with Crippen molar-refractivity contribution in [3.05, 3.63) is 0 Å². The average molecular weight is 182 g/mol. The molecule has 1 amide bonds. The first-order valence-electron chi connectivity index (χ1n) is 4.37. The highest BCUT2D eigenvalue weighted by Crippen LogP contribution is 2.27. The maximum atomic E-state index is 11.6. The molecule has 1 heterocycles. The molecule has 0 aliphatic carbocycles. The van der Waals surface area contributed by atoms with Crippen molar-refractivity contribution >= 4 is 5.91 Å². The van der Waals surface area contributed by atoms with Gasteiger partial charge in [0, 0.05) is 6.61 Å². The SMILES string of the molecule is CC(C#N)NC(=O)C1(C)CCOC1. The summed E-state index contributed by atoms with van der Waals surface area (Å²) in [7, 11) is 0. The van der Waals surface area contributed by atoms with Gasteiger partial charge in [-0.3, -0.25) is 4.79 Å². The first-order chi connectivity index (χ1) is 6.08. The molecular formula is C9H14N2O2. The molecule has 13 heavy (non-hydrogen) atoms. The topological polar surface area (TPSA) is 62.1 Å². The highest BCUT2D eigenvalue weighted by molar-refractivity contribution is 5.83. The van der Waals surface area contributed by atoms with Crippen LogP contribution in [0.1, 0.15) is 20.3 Å². The molecule has 1 aliphatic rings. The number of carbonyl (C=O) groups excluding carboxylic acids is 1. The van der Waals surface area contributed by atoms with Crippen molar-refractivity contribution in [3.63, 3.8) is 0 Å². The third kappa shape index (κ3) is 2.19. The summed E-state index contributed by atoms with van der Waals surface area (Å²) in [5, 5.41) is 11.1. The molecule has 1 rings (SSSR count). The average Bonchev–Trinajstić information content (AvgIpc) is 2.53. The minimum absolute atomic E-state index is 0.0842. The lowest BCUT2D eigenvalue weighted by atomic mass is 9.89. The van der Waals surface area contributed by atoms with E-state index in [1.165, 1.54) is 0 Å². The fraction of sp³-hybridized carbons (Fsp3) is 0.778. The van der Waals surface area contributed by atoms with Gasteiger partial charge in [0.15, 0.2) is 0 Å². The summed E-state index contributed by atoms with van der Waals surface area (Å²) in [5.41, 5.74) is -0.439. The zero-order chi connectivity index (χ0) is 9.90. The molecule has 0 aromatic carbocycles. The van der Waals surface area contributed by atoms with Crippen molar-refractivity contribution in [2.24, 2.45) is 5.41 Å². The van der Waals surface area contributed by atoms with Gasteiger partial charge < -0.3 is 10.1 Å². The predicted octanol–water partition coefficient (Wildman–Crippen LogP) is 0.441.